The van der Waals surface area contributed by atoms with Crippen molar-refractivity contribution in [3.8, 4) is 0 Å². The van der Waals surface area contributed by atoms with Gasteiger partial charge in [0.2, 0.25) is 10.0 Å². The summed E-state index contributed by atoms with van der Waals surface area (Å²) < 4.78 is 30.0. The molecule has 0 bridgehead atoms. The number of carbonyl (C=O) groups excluding carboxylic acids is 1. The van der Waals surface area contributed by atoms with Crippen molar-refractivity contribution in [1.82, 2.24) is 18.8 Å². The number of hydrogen-bond donors (Lipinski definition) is 0. The minimum absolute atomic E-state index is 0.0621. The summed E-state index contributed by atoms with van der Waals surface area (Å²) in [5.41, 5.74) is 5.12. The van der Waals surface area contributed by atoms with Crippen molar-refractivity contribution in [2.75, 3.05) is 26.2 Å². The lowest BCUT2D eigenvalue weighted by Crippen LogP contribution is -2.38. The first-order valence-electron chi connectivity index (χ1n) is 12.9. The number of pyridine rings is 1. The second-order valence-electron chi connectivity index (χ2n) is 10.2. The molecule has 2 fully saturated rings. The maximum atomic E-state index is 13.3. The molecule has 35 heavy (non-hydrogen) atoms. The number of fused-ring (bicyclic) bond motifs is 2. The molecule has 3 aromatic rings. The Morgan fingerprint density at radius 1 is 0.886 bits per heavy atom. The molecule has 2 aromatic heterocycles. The summed E-state index contributed by atoms with van der Waals surface area (Å²) in [6.07, 6.45) is 11.6. The van der Waals surface area contributed by atoms with Crippen molar-refractivity contribution >= 4 is 21.4 Å². The van der Waals surface area contributed by atoms with Crippen LogP contribution in [0.25, 0.3) is 5.52 Å². The van der Waals surface area contributed by atoms with Crippen LogP contribution in [0.5, 0.6) is 0 Å². The van der Waals surface area contributed by atoms with Gasteiger partial charge in [-0.05, 0) is 98.2 Å². The van der Waals surface area contributed by atoms with Crippen LogP contribution in [0.1, 0.15) is 71.5 Å². The number of piperidine rings is 2. The van der Waals surface area contributed by atoms with Gasteiger partial charge in [-0.25, -0.2) is 12.9 Å². The number of aromatic nitrogens is 2. The third-order valence-electron chi connectivity index (χ3n) is 8.05. The molecular weight excluding hydrogens is 460 g/mol. The van der Waals surface area contributed by atoms with Gasteiger partial charge in [0.1, 0.15) is 0 Å². The van der Waals surface area contributed by atoms with Gasteiger partial charge in [0.25, 0.3) is 5.91 Å². The normalized spacial score (nSPS) is 19.8. The smallest absolute Gasteiger partial charge is 0.257 e. The van der Waals surface area contributed by atoms with E-state index in [2.05, 4.69) is 17.2 Å². The van der Waals surface area contributed by atoms with E-state index in [9.17, 15) is 13.2 Å². The molecule has 1 aromatic carbocycles. The van der Waals surface area contributed by atoms with Gasteiger partial charge in [-0.1, -0.05) is 6.07 Å². The lowest BCUT2D eigenvalue weighted by molar-refractivity contribution is 0.0726. The average Bonchev–Trinajstić information content (AvgIpc) is 3.55. The Hall–Kier alpha value is -2.71. The fourth-order valence-electron chi connectivity index (χ4n) is 5.97. The van der Waals surface area contributed by atoms with Crippen LogP contribution in [0.3, 0.4) is 0 Å². The Balaban J connectivity index is 1.18. The van der Waals surface area contributed by atoms with E-state index in [0.29, 0.717) is 23.5 Å². The molecule has 8 heteroatoms. The third-order valence-corrected chi connectivity index (χ3v) is 9.95. The highest BCUT2D eigenvalue weighted by Crippen LogP contribution is 2.33. The summed E-state index contributed by atoms with van der Waals surface area (Å²) in [7, 11) is -3.48. The molecule has 0 radical (unpaired) electrons. The first-order chi connectivity index (χ1) is 17.0. The number of nitrogens with zero attached hydrogens (tertiary/aromatic N) is 4. The SMILES string of the molecule is O=C(c1cnn2ccc(C3CCN(S(=O)(=O)c4ccc5c(c4)CCC5)CC3)cc12)N1CCCCC1. The maximum absolute atomic E-state index is 13.3. The zero-order valence-corrected chi connectivity index (χ0v) is 20.8. The molecule has 2 saturated heterocycles. The van der Waals surface area contributed by atoms with Crippen LogP contribution in [-0.2, 0) is 22.9 Å². The van der Waals surface area contributed by atoms with Gasteiger partial charge in [0.15, 0.2) is 0 Å². The van der Waals surface area contributed by atoms with Crippen molar-refractivity contribution in [2.45, 2.75) is 62.2 Å². The van der Waals surface area contributed by atoms with E-state index in [1.165, 1.54) is 17.5 Å². The molecule has 0 spiro atoms. The monoisotopic (exact) mass is 492 g/mol. The molecule has 184 valence electrons. The van der Waals surface area contributed by atoms with Crippen LogP contribution < -0.4 is 0 Å². The van der Waals surface area contributed by atoms with Crippen LogP contribution in [0.4, 0.5) is 0 Å². The van der Waals surface area contributed by atoms with Crippen molar-refractivity contribution in [2.24, 2.45) is 0 Å². The molecule has 0 saturated carbocycles. The minimum Gasteiger partial charge on any atom is -0.339 e. The quantitative estimate of drug-likeness (QED) is 0.551. The minimum atomic E-state index is -3.48. The molecular formula is C27H32N4O3S. The zero-order valence-electron chi connectivity index (χ0n) is 20.0. The van der Waals surface area contributed by atoms with Crippen molar-refractivity contribution in [3.05, 3.63) is 65.0 Å². The van der Waals surface area contributed by atoms with Crippen molar-refractivity contribution in [3.63, 3.8) is 0 Å². The lowest BCUT2D eigenvalue weighted by atomic mass is 9.90. The standard InChI is InChI=1S/C27H32N4O3S/c32-27(29-12-2-1-3-13-29)25-19-28-31-16-11-23(18-26(25)31)21-9-14-30(15-10-21)35(33,34)24-8-7-20-5-4-6-22(20)17-24/h7-8,11,16-19,21H,1-6,9-10,12-15H2. The van der Waals surface area contributed by atoms with E-state index in [1.807, 2.05) is 23.2 Å². The Kier molecular flexibility index (Phi) is 5.89. The van der Waals surface area contributed by atoms with E-state index in [4.69, 9.17) is 0 Å². The number of amides is 1. The predicted molar refractivity (Wildman–Crippen MR) is 134 cm³/mol. The number of rotatable bonds is 4. The molecule has 7 nitrogen and oxygen atoms in total. The van der Waals surface area contributed by atoms with Gasteiger partial charge >= 0.3 is 0 Å². The van der Waals surface area contributed by atoms with E-state index in [-0.39, 0.29) is 11.8 Å². The highest BCUT2D eigenvalue weighted by molar-refractivity contribution is 7.89. The molecule has 0 N–H and O–H groups in total. The summed E-state index contributed by atoms with van der Waals surface area (Å²) in [6.45, 7) is 2.64. The summed E-state index contributed by atoms with van der Waals surface area (Å²) in [4.78, 5) is 15.5. The van der Waals surface area contributed by atoms with Gasteiger partial charge in [-0.15, -0.1) is 0 Å². The number of hydrogen-bond acceptors (Lipinski definition) is 4. The van der Waals surface area contributed by atoms with Gasteiger partial charge in [-0.2, -0.15) is 9.40 Å². The molecule has 2 aliphatic heterocycles. The van der Waals surface area contributed by atoms with E-state index in [1.54, 1.807) is 21.1 Å². The van der Waals surface area contributed by atoms with Gasteiger partial charge in [0.05, 0.1) is 22.2 Å². The number of benzene rings is 1. The molecule has 1 aliphatic carbocycles. The number of sulfonamides is 1. The fourth-order valence-corrected chi connectivity index (χ4v) is 7.49. The number of carbonyl (C=O) groups is 1. The van der Waals surface area contributed by atoms with Crippen LogP contribution in [0.15, 0.2) is 47.6 Å². The average molecular weight is 493 g/mol. The fraction of sp³-hybridized carbons (Fsp3) is 0.481. The Bertz CT molecular complexity index is 1370. The second-order valence-corrected chi connectivity index (χ2v) is 12.1. The summed E-state index contributed by atoms with van der Waals surface area (Å²) >= 11 is 0. The lowest BCUT2D eigenvalue weighted by Gasteiger charge is -2.31. The Morgan fingerprint density at radius 2 is 1.66 bits per heavy atom. The molecule has 0 atom stereocenters. The molecule has 1 amide bonds. The summed E-state index contributed by atoms with van der Waals surface area (Å²) in [6, 6.07) is 9.80. The van der Waals surface area contributed by atoms with Gasteiger partial charge in [-0.3, -0.25) is 4.79 Å². The van der Waals surface area contributed by atoms with Crippen molar-refractivity contribution in [1.29, 1.82) is 0 Å². The van der Waals surface area contributed by atoms with Crippen LogP contribution in [0.2, 0.25) is 0 Å². The maximum Gasteiger partial charge on any atom is 0.257 e. The van der Waals surface area contributed by atoms with E-state index in [0.717, 1.165) is 69.1 Å². The van der Waals surface area contributed by atoms with E-state index < -0.39 is 10.0 Å². The topological polar surface area (TPSA) is 75.0 Å². The van der Waals surface area contributed by atoms with Crippen LogP contribution >= 0.6 is 0 Å². The number of aryl methyl sites for hydroxylation is 2. The van der Waals surface area contributed by atoms with Gasteiger partial charge < -0.3 is 4.90 Å². The summed E-state index contributed by atoms with van der Waals surface area (Å²) in [5, 5.41) is 4.41. The summed E-state index contributed by atoms with van der Waals surface area (Å²) in [5.74, 6) is 0.325. The second kappa shape index (κ2) is 9.06. The molecule has 4 heterocycles. The predicted octanol–water partition coefficient (Wildman–Crippen LogP) is 4.02. The third kappa shape index (κ3) is 4.16. The largest absolute Gasteiger partial charge is 0.339 e. The number of likely N-dealkylation sites (tertiary alicyclic amines) is 1. The van der Waals surface area contributed by atoms with Crippen molar-refractivity contribution < 1.29 is 13.2 Å². The highest BCUT2D eigenvalue weighted by Gasteiger charge is 2.31. The molecule has 6 rings (SSSR count). The molecule has 0 unspecified atom stereocenters. The molecule has 3 aliphatic rings. The Labute approximate surface area is 206 Å². The Morgan fingerprint density at radius 3 is 2.46 bits per heavy atom. The first-order valence-corrected chi connectivity index (χ1v) is 14.3. The van der Waals surface area contributed by atoms with Crippen LogP contribution in [0, 0.1) is 0 Å². The zero-order chi connectivity index (χ0) is 24.0. The first kappa shape index (κ1) is 22.7. The van der Waals surface area contributed by atoms with Gasteiger partial charge in [0, 0.05) is 32.4 Å². The van der Waals surface area contributed by atoms with Crippen LogP contribution in [-0.4, -0.2) is 59.3 Å². The van der Waals surface area contributed by atoms with E-state index >= 15 is 0 Å². The highest BCUT2D eigenvalue weighted by atomic mass is 32.2.